The highest BCUT2D eigenvalue weighted by atomic mass is 79.9. The van der Waals surface area contributed by atoms with Gasteiger partial charge in [-0.25, -0.2) is 8.42 Å². The molecule has 0 N–H and O–H groups in total. The third-order valence-electron chi connectivity index (χ3n) is 4.11. The second-order valence-electron chi connectivity index (χ2n) is 5.34. The molecule has 7 heteroatoms. The summed E-state index contributed by atoms with van der Waals surface area (Å²) >= 11 is 3.39. The van der Waals surface area contributed by atoms with Crippen LogP contribution in [0.1, 0.15) is 24.8 Å². The van der Waals surface area contributed by atoms with E-state index in [0.717, 1.165) is 22.9 Å². The molecule has 0 aromatic heterocycles. The molecule has 1 heterocycles. The van der Waals surface area contributed by atoms with Crippen LogP contribution in [0.25, 0.3) is 0 Å². The van der Waals surface area contributed by atoms with Gasteiger partial charge in [0.25, 0.3) is 0 Å². The highest BCUT2D eigenvalue weighted by Crippen LogP contribution is 2.53. The van der Waals surface area contributed by atoms with Crippen molar-refractivity contribution in [3.8, 4) is 0 Å². The number of amides is 1. The Kier molecular flexibility index (Phi) is 3.38. The van der Waals surface area contributed by atoms with Crippen molar-refractivity contribution in [3.63, 3.8) is 0 Å². The quantitative estimate of drug-likeness (QED) is 0.760. The van der Waals surface area contributed by atoms with Gasteiger partial charge in [0.05, 0.1) is 5.54 Å². The zero-order chi connectivity index (χ0) is 14.5. The van der Waals surface area contributed by atoms with E-state index in [2.05, 4.69) is 15.9 Å². The lowest BCUT2D eigenvalue weighted by molar-refractivity contribution is -0.130. The third kappa shape index (κ3) is 2.38. The lowest BCUT2D eigenvalue weighted by Gasteiger charge is -2.28. The average Bonchev–Trinajstić information content (AvgIpc) is 3.06. The van der Waals surface area contributed by atoms with Crippen LogP contribution in [0.5, 0.6) is 0 Å². The maximum atomic E-state index is 12.2. The summed E-state index contributed by atoms with van der Waals surface area (Å²) in [6, 6.07) is 7.83. The van der Waals surface area contributed by atoms with E-state index in [-0.39, 0.29) is 24.4 Å². The van der Waals surface area contributed by atoms with Crippen molar-refractivity contribution in [2.45, 2.75) is 30.1 Å². The fourth-order valence-electron chi connectivity index (χ4n) is 2.87. The largest absolute Gasteiger partial charge is 0.332 e. The minimum Gasteiger partial charge on any atom is -0.332 e. The van der Waals surface area contributed by atoms with Crippen LogP contribution >= 0.6 is 26.6 Å². The average molecular weight is 379 g/mol. The molecule has 108 valence electrons. The maximum Gasteiger partial charge on any atom is 0.237 e. The minimum absolute atomic E-state index is 0.00981. The molecule has 1 atom stereocenters. The Labute approximate surface area is 130 Å². The van der Waals surface area contributed by atoms with E-state index < -0.39 is 14.3 Å². The molecule has 1 unspecified atom stereocenters. The fraction of sp³-hybridized carbons (Fsp3) is 0.462. The van der Waals surface area contributed by atoms with Crippen molar-refractivity contribution in [1.29, 1.82) is 0 Å². The number of likely N-dealkylation sites (tertiary alicyclic amines) is 1. The Bertz CT molecular complexity index is 655. The Morgan fingerprint density at radius 1 is 1.25 bits per heavy atom. The van der Waals surface area contributed by atoms with Crippen molar-refractivity contribution in [3.05, 3.63) is 34.3 Å². The predicted molar refractivity (Wildman–Crippen MR) is 79.9 cm³/mol. The summed E-state index contributed by atoms with van der Waals surface area (Å²) < 4.78 is 23.8. The van der Waals surface area contributed by atoms with Gasteiger partial charge in [-0.05, 0) is 30.5 Å². The third-order valence-corrected chi connectivity index (χ3v) is 6.51. The van der Waals surface area contributed by atoms with E-state index in [1.807, 2.05) is 24.3 Å². The van der Waals surface area contributed by atoms with Crippen molar-refractivity contribution >= 4 is 41.6 Å². The lowest BCUT2D eigenvalue weighted by atomic mass is 10.0. The van der Waals surface area contributed by atoms with Crippen LogP contribution in [-0.2, 0) is 19.4 Å². The van der Waals surface area contributed by atoms with Gasteiger partial charge in [-0.15, -0.1) is 0 Å². The molecule has 20 heavy (non-hydrogen) atoms. The number of benzene rings is 1. The van der Waals surface area contributed by atoms with Crippen LogP contribution in [-0.4, -0.2) is 31.0 Å². The first-order valence-corrected chi connectivity index (χ1v) is 9.49. The summed E-state index contributed by atoms with van der Waals surface area (Å²) in [5.41, 5.74) is 0.732. The summed E-state index contributed by atoms with van der Waals surface area (Å²) in [7, 11) is 1.71. The minimum atomic E-state index is -3.69. The van der Waals surface area contributed by atoms with Gasteiger partial charge in [-0.3, -0.25) is 4.79 Å². The Balaban J connectivity index is 1.89. The smallest absolute Gasteiger partial charge is 0.237 e. The number of carbonyl (C=O) groups excluding carboxylic acids is 1. The predicted octanol–water partition coefficient (Wildman–Crippen LogP) is 2.61. The van der Waals surface area contributed by atoms with Crippen molar-refractivity contribution in [2.24, 2.45) is 0 Å². The van der Waals surface area contributed by atoms with Gasteiger partial charge in [0, 0.05) is 28.1 Å². The topological polar surface area (TPSA) is 54.5 Å². The molecule has 1 amide bonds. The van der Waals surface area contributed by atoms with Crippen LogP contribution in [0, 0.1) is 0 Å². The molecule has 1 saturated carbocycles. The first-order valence-electron chi connectivity index (χ1n) is 6.33. The molecule has 1 saturated heterocycles. The molecular formula is C13H13BrClNO3S. The molecule has 1 aromatic rings. The zero-order valence-corrected chi connectivity index (χ0v) is 13.7. The second-order valence-corrected chi connectivity index (χ2v) is 9.17. The zero-order valence-electron chi connectivity index (χ0n) is 10.6. The maximum absolute atomic E-state index is 12.2. The van der Waals surface area contributed by atoms with Gasteiger partial charge in [0.15, 0.2) is 0 Å². The Morgan fingerprint density at radius 3 is 2.30 bits per heavy atom. The molecule has 0 radical (unpaired) electrons. The fourth-order valence-corrected chi connectivity index (χ4v) is 4.16. The van der Waals surface area contributed by atoms with E-state index in [4.69, 9.17) is 10.7 Å². The standard InChI is InChI=1S/C13H13BrClNO3S/c14-10-3-1-9(2-4-10)13(5-6-13)16-8-11(7-12(16)17)20(15,18)19/h1-4,11H,5-8H2. The van der Waals surface area contributed by atoms with Crippen LogP contribution in [0.2, 0.25) is 0 Å². The molecular weight excluding hydrogens is 366 g/mol. The molecule has 0 spiro atoms. The molecule has 0 bridgehead atoms. The van der Waals surface area contributed by atoms with Gasteiger partial charge in [0.1, 0.15) is 5.25 Å². The number of rotatable bonds is 3. The van der Waals surface area contributed by atoms with Crippen molar-refractivity contribution in [1.82, 2.24) is 4.90 Å². The second kappa shape index (κ2) is 4.71. The molecule has 1 aromatic carbocycles. The van der Waals surface area contributed by atoms with E-state index >= 15 is 0 Å². The lowest BCUT2D eigenvalue weighted by Crippen LogP contribution is -2.37. The van der Waals surface area contributed by atoms with Crippen molar-refractivity contribution in [2.75, 3.05) is 6.54 Å². The van der Waals surface area contributed by atoms with Gasteiger partial charge in [0.2, 0.25) is 15.0 Å². The van der Waals surface area contributed by atoms with Crippen LogP contribution in [0.15, 0.2) is 28.7 Å². The highest BCUT2D eigenvalue weighted by molar-refractivity contribution is 9.10. The molecule has 3 rings (SSSR count). The van der Waals surface area contributed by atoms with Crippen LogP contribution in [0.3, 0.4) is 0 Å². The van der Waals surface area contributed by atoms with Gasteiger partial charge in [-0.2, -0.15) is 0 Å². The highest BCUT2D eigenvalue weighted by Gasteiger charge is 2.55. The number of carbonyl (C=O) groups is 1. The monoisotopic (exact) mass is 377 g/mol. The first kappa shape index (κ1) is 14.4. The number of nitrogens with zero attached hydrogens (tertiary/aromatic N) is 1. The molecule has 4 nitrogen and oxygen atoms in total. The number of halogens is 2. The van der Waals surface area contributed by atoms with Crippen LogP contribution in [0.4, 0.5) is 0 Å². The molecule has 2 aliphatic rings. The van der Waals surface area contributed by atoms with Gasteiger partial charge < -0.3 is 4.90 Å². The Hall–Kier alpha value is -0.590. The van der Waals surface area contributed by atoms with E-state index in [0.29, 0.717) is 0 Å². The van der Waals surface area contributed by atoms with E-state index in [1.165, 1.54) is 0 Å². The first-order chi connectivity index (χ1) is 9.33. The van der Waals surface area contributed by atoms with Gasteiger partial charge in [-0.1, -0.05) is 28.1 Å². The number of hydrogen-bond acceptors (Lipinski definition) is 3. The SMILES string of the molecule is O=C1CC(S(=O)(=O)Cl)CN1C1(c2ccc(Br)cc2)CC1. The summed E-state index contributed by atoms with van der Waals surface area (Å²) in [5, 5.41) is -0.787. The van der Waals surface area contributed by atoms with Crippen LogP contribution < -0.4 is 0 Å². The molecule has 1 aliphatic carbocycles. The summed E-state index contributed by atoms with van der Waals surface area (Å²) in [6.45, 7) is 0.195. The van der Waals surface area contributed by atoms with E-state index in [9.17, 15) is 13.2 Å². The normalized spacial score (nSPS) is 25.0. The van der Waals surface area contributed by atoms with E-state index in [1.54, 1.807) is 4.90 Å². The Morgan fingerprint density at radius 2 is 1.85 bits per heavy atom. The summed E-state index contributed by atoms with van der Waals surface area (Å²) in [6.07, 6.45) is 1.73. The number of hydrogen-bond donors (Lipinski definition) is 0. The van der Waals surface area contributed by atoms with Gasteiger partial charge >= 0.3 is 0 Å². The summed E-state index contributed by atoms with van der Waals surface area (Å²) in [4.78, 5) is 13.8. The molecule has 2 fully saturated rings. The van der Waals surface area contributed by atoms with Crippen molar-refractivity contribution < 1.29 is 13.2 Å². The summed E-state index contributed by atoms with van der Waals surface area (Å²) in [5.74, 6) is -0.125. The molecule has 1 aliphatic heterocycles.